The zero-order valence-electron chi connectivity index (χ0n) is 9.60. The Balaban J connectivity index is 1.97. The number of carbonyl (C=O) groups excluding carboxylic acids is 1. The van der Waals surface area contributed by atoms with Gasteiger partial charge in [-0.05, 0) is 23.6 Å². The quantitative estimate of drug-likeness (QED) is 0.872. The summed E-state index contributed by atoms with van der Waals surface area (Å²) in [5.74, 6) is -0.0227. The van der Waals surface area contributed by atoms with Gasteiger partial charge in [0.1, 0.15) is 0 Å². The van der Waals surface area contributed by atoms with Crippen molar-refractivity contribution < 1.29 is 18.0 Å². The van der Waals surface area contributed by atoms with Gasteiger partial charge in [0.05, 0.1) is 6.54 Å². The van der Waals surface area contributed by atoms with E-state index in [9.17, 15) is 18.0 Å². The van der Waals surface area contributed by atoms with E-state index >= 15 is 0 Å². The molecule has 1 aromatic rings. The van der Waals surface area contributed by atoms with Crippen molar-refractivity contribution in [3.05, 3.63) is 29.3 Å². The predicted molar refractivity (Wildman–Crippen MR) is 61.2 cm³/mol. The number of nitrogens with one attached hydrogen (secondary N) is 2. The molecule has 0 fully saturated rings. The van der Waals surface area contributed by atoms with Gasteiger partial charge in [-0.1, -0.05) is 12.1 Å². The summed E-state index contributed by atoms with van der Waals surface area (Å²) >= 11 is 0. The first-order valence-corrected chi connectivity index (χ1v) is 5.63. The van der Waals surface area contributed by atoms with Crippen LogP contribution in [-0.4, -0.2) is 18.6 Å². The first-order valence-electron chi connectivity index (χ1n) is 5.63. The lowest BCUT2D eigenvalue weighted by molar-refractivity contribution is -0.125. The zero-order chi connectivity index (χ0) is 13.2. The summed E-state index contributed by atoms with van der Waals surface area (Å²) in [6.45, 7) is -0.832. The number of benzene rings is 1. The minimum absolute atomic E-state index is 0.0227. The number of fused-ring (bicyclic) bond motifs is 1. The van der Waals surface area contributed by atoms with E-state index in [4.69, 9.17) is 0 Å². The standard InChI is InChI=1S/C12H13F3N2O/c13-12(14,15)7-16-6-8-1-3-10-9(5-8)2-4-11(18)17-10/h1,3,5,16H,2,4,6-7H2,(H,17,18). The first-order chi connectivity index (χ1) is 8.44. The molecule has 0 radical (unpaired) electrons. The molecule has 1 aliphatic heterocycles. The van der Waals surface area contributed by atoms with Gasteiger partial charge >= 0.3 is 6.18 Å². The fourth-order valence-electron chi connectivity index (χ4n) is 1.90. The summed E-state index contributed by atoms with van der Waals surface area (Å²) in [6, 6.07) is 5.28. The Bertz CT molecular complexity index is 457. The summed E-state index contributed by atoms with van der Waals surface area (Å²) in [6.07, 6.45) is -3.14. The Hall–Kier alpha value is -1.56. The lowest BCUT2D eigenvalue weighted by Crippen LogP contribution is -2.28. The van der Waals surface area contributed by atoms with E-state index in [1.54, 1.807) is 12.1 Å². The number of hydrogen-bond donors (Lipinski definition) is 2. The molecule has 0 aliphatic carbocycles. The minimum atomic E-state index is -4.19. The highest BCUT2D eigenvalue weighted by molar-refractivity contribution is 5.93. The van der Waals surface area contributed by atoms with E-state index in [0.717, 1.165) is 16.8 Å². The molecule has 0 unspecified atom stereocenters. The average molecular weight is 258 g/mol. The van der Waals surface area contributed by atoms with Crippen molar-refractivity contribution in [2.24, 2.45) is 0 Å². The van der Waals surface area contributed by atoms with Crippen molar-refractivity contribution >= 4 is 11.6 Å². The number of halogens is 3. The van der Waals surface area contributed by atoms with Crippen molar-refractivity contribution in [3.8, 4) is 0 Å². The number of anilines is 1. The van der Waals surface area contributed by atoms with Crippen LogP contribution in [0.1, 0.15) is 17.5 Å². The van der Waals surface area contributed by atoms with Crippen molar-refractivity contribution in [2.45, 2.75) is 25.6 Å². The average Bonchev–Trinajstić information content (AvgIpc) is 2.27. The van der Waals surface area contributed by atoms with Gasteiger partial charge in [0.15, 0.2) is 0 Å². The largest absolute Gasteiger partial charge is 0.401 e. The summed E-state index contributed by atoms with van der Waals surface area (Å²) < 4.78 is 35.9. The molecule has 1 heterocycles. The number of amides is 1. The molecule has 1 aliphatic rings. The second-order valence-corrected chi connectivity index (χ2v) is 4.26. The summed E-state index contributed by atoms with van der Waals surface area (Å²) in [5.41, 5.74) is 2.51. The summed E-state index contributed by atoms with van der Waals surface area (Å²) in [5, 5.41) is 5.07. The van der Waals surface area contributed by atoms with Gasteiger partial charge in [-0.25, -0.2) is 0 Å². The topological polar surface area (TPSA) is 41.1 Å². The molecule has 2 rings (SSSR count). The minimum Gasteiger partial charge on any atom is -0.326 e. The molecule has 0 bridgehead atoms. The van der Waals surface area contributed by atoms with Crippen LogP contribution < -0.4 is 10.6 Å². The van der Waals surface area contributed by atoms with Crippen molar-refractivity contribution in [3.63, 3.8) is 0 Å². The van der Waals surface area contributed by atoms with E-state index in [2.05, 4.69) is 10.6 Å². The fourth-order valence-corrected chi connectivity index (χ4v) is 1.90. The molecule has 98 valence electrons. The van der Waals surface area contributed by atoms with Crippen LogP contribution in [0.15, 0.2) is 18.2 Å². The van der Waals surface area contributed by atoms with Gasteiger partial charge in [0.2, 0.25) is 5.91 Å². The van der Waals surface area contributed by atoms with E-state index in [0.29, 0.717) is 12.8 Å². The van der Waals surface area contributed by atoms with Gasteiger partial charge in [0, 0.05) is 18.7 Å². The Morgan fingerprint density at radius 2 is 2.06 bits per heavy atom. The van der Waals surface area contributed by atoms with Gasteiger partial charge in [0.25, 0.3) is 0 Å². The summed E-state index contributed by atoms with van der Waals surface area (Å²) in [7, 11) is 0. The molecule has 0 saturated carbocycles. The molecule has 6 heteroatoms. The highest BCUT2D eigenvalue weighted by Crippen LogP contribution is 2.23. The van der Waals surface area contributed by atoms with Gasteiger partial charge < -0.3 is 10.6 Å². The molecular weight excluding hydrogens is 245 g/mol. The van der Waals surface area contributed by atoms with Crippen LogP contribution >= 0.6 is 0 Å². The SMILES string of the molecule is O=C1CCc2cc(CNCC(F)(F)F)ccc2N1. The molecular formula is C12H13F3N2O. The van der Waals surface area contributed by atoms with Crippen LogP contribution in [0.4, 0.5) is 18.9 Å². The third-order valence-electron chi connectivity index (χ3n) is 2.72. The number of alkyl halides is 3. The third-order valence-corrected chi connectivity index (χ3v) is 2.72. The van der Waals surface area contributed by atoms with Crippen molar-refractivity contribution in [2.75, 3.05) is 11.9 Å². The maximum atomic E-state index is 12.0. The fraction of sp³-hybridized carbons (Fsp3) is 0.417. The highest BCUT2D eigenvalue weighted by Gasteiger charge is 2.26. The van der Waals surface area contributed by atoms with Crippen LogP contribution in [0.3, 0.4) is 0 Å². The monoisotopic (exact) mass is 258 g/mol. The van der Waals surface area contributed by atoms with Crippen molar-refractivity contribution in [1.82, 2.24) is 5.32 Å². The molecule has 2 N–H and O–H groups in total. The number of rotatable bonds is 3. The molecule has 18 heavy (non-hydrogen) atoms. The van der Waals surface area contributed by atoms with Gasteiger partial charge in [-0.15, -0.1) is 0 Å². The van der Waals surface area contributed by atoms with Crippen LogP contribution in [0.2, 0.25) is 0 Å². The lowest BCUT2D eigenvalue weighted by Gasteiger charge is -2.17. The maximum Gasteiger partial charge on any atom is 0.401 e. The molecule has 0 atom stereocenters. The smallest absolute Gasteiger partial charge is 0.326 e. The highest BCUT2D eigenvalue weighted by atomic mass is 19.4. The molecule has 0 aromatic heterocycles. The van der Waals surface area contributed by atoms with Gasteiger partial charge in [-0.3, -0.25) is 4.79 Å². The molecule has 3 nitrogen and oxygen atoms in total. The van der Waals surface area contributed by atoms with Crippen LogP contribution in [0.25, 0.3) is 0 Å². The number of aryl methyl sites for hydroxylation is 1. The van der Waals surface area contributed by atoms with Crippen LogP contribution in [-0.2, 0) is 17.8 Å². The van der Waals surface area contributed by atoms with Crippen LogP contribution in [0, 0.1) is 0 Å². The van der Waals surface area contributed by atoms with Crippen LogP contribution in [0.5, 0.6) is 0 Å². The van der Waals surface area contributed by atoms with E-state index in [-0.39, 0.29) is 12.5 Å². The lowest BCUT2D eigenvalue weighted by atomic mass is 10.0. The number of carbonyl (C=O) groups is 1. The third kappa shape index (κ3) is 3.46. The Labute approximate surface area is 102 Å². The zero-order valence-corrected chi connectivity index (χ0v) is 9.60. The predicted octanol–water partition coefficient (Wildman–Crippen LogP) is 2.22. The maximum absolute atomic E-state index is 12.0. The summed E-state index contributed by atoms with van der Waals surface area (Å²) in [4.78, 5) is 11.1. The van der Waals surface area contributed by atoms with E-state index in [1.165, 1.54) is 0 Å². The molecule has 1 amide bonds. The normalized spacial score (nSPS) is 15.2. The second-order valence-electron chi connectivity index (χ2n) is 4.26. The first kappa shape index (κ1) is 12.9. The number of hydrogen-bond acceptors (Lipinski definition) is 2. The molecule has 0 spiro atoms. The van der Waals surface area contributed by atoms with Crippen molar-refractivity contribution in [1.29, 1.82) is 0 Å². The second kappa shape index (κ2) is 4.97. The van der Waals surface area contributed by atoms with Gasteiger partial charge in [-0.2, -0.15) is 13.2 Å². The molecule has 1 aromatic carbocycles. The Kier molecular flexibility index (Phi) is 3.56. The molecule has 0 saturated heterocycles. The Morgan fingerprint density at radius 1 is 1.28 bits per heavy atom. The van der Waals surface area contributed by atoms with E-state index < -0.39 is 12.7 Å². The van der Waals surface area contributed by atoms with E-state index in [1.807, 2.05) is 6.07 Å². The Morgan fingerprint density at radius 3 is 2.78 bits per heavy atom.